The highest BCUT2D eigenvalue weighted by atomic mass is 16.3. The Labute approximate surface area is 54.9 Å². The van der Waals surface area contributed by atoms with Gasteiger partial charge in [-0.05, 0) is 13.8 Å². The fourth-order valence-electron chi connectivity index (χ4n) is 0.701. The van der Waals surface area contributed by atoms with E-state index in [4.69, 9.17) is 15.3 Å². The highest BCUT2D eigenvalue weighted by molar-refractivity contribution is 4.72. The first-order chi connectivity index (χ1) is 3.98. The van der Waals surface area contributed by atoms with E-state index < -0.39 is 11.7 Å². The quantitative estimate of drug-likeness (QED) is 0.487. The van der Waals surface area contributed by atoms with E-state index in [9.17, 15) is 0 Å². The Balaban J connectivity index is 3.58. The molecule has 9 heavy (non-hydrogen) atoms. The number of hydrogen-bond acceptors (Lipinski definition) is 3. The summed E-state index contributed by atoms with van der Waals surface area (Å²) in [6, 6.07) is 0. The second kappa shape index (κ2) is 3.15. The molecule has 0 heterocycles. The summed E-state index contributed by atoms with van der Waals surface area (Å²) in [6.45, 7) is 2.75. The average Bonchev–Trinajstić information content (AvgIpc) is 1.63. The van der Waals surface area contributed by atoms with Gasteiger partial charge in [0.25, 0.3) is 0 Å². The van der Waals surface area contributed by atoms with Gasteiger partial charge in [-0.3, -0.25) is 0 Å². The lowest BCUT2D eigenvalue weighted by Gasteiger charge is -2.21. The highest BCUT2D eigenvalue weighted by Gasteiger charge is 2.20. The predicted octanol–water partition coefficient (Wildman–Crippen LogP) is -0.499. The molecule has 0 saturated heterocycles. The van der Waals surface area contributed by atoms with E-state index in [1.165, 1.54) is 6.92 Å². The summed E-state index contributed by atoms with van der Waals surface area (Å²) in [5, 5.41) is 26.3. The van der Waals surface area contributed by atoms with Crippen LogP contribution in [0, 0.1) is 0 Å². The third kappa shape index (κ3) is 4.39. The first-order valence-corrected chi connectivity index (χ1v) is 2.99. The van der Waals surface area contributed by atoms with E-state index in [0.717, 1.165) is 0 Å². The van der Waals surface area contributed by atoms with Gasteiger partial charge >= 0.3 is 0 Å². The minimum absolute atomic E-state index is 0.212. The van der Waals surface area contributed by atoms with Crippen LogP contribution in [0.2, 0.25) is 0 Å². The van der Waals surface area contributed by atoms with Crippen molar-refractivity contribution in [1.29, 1.82) is 0 Å². The Kier molecular flexibility index (Phi) is 3.11. The van der Waals surface area contributed by atoms with Crippen molar-refractivity contribution in [2.24, 2.45) is 0 Å². The van der Waals surface area contributed by atoms with Crippen LogP contribution in [-0.2, 0) is 0 Å². The fraction of sp³-hybridized carbons (Fsp3) is 1.00. The van der Waals surface area contributed by atoms with Crippen LogP contribution in [0.15, 0.2) is 0 Å². The molecule has 0 bridgehead atoms. The van der Waals surface area contributed by atoms with Crippen molar-refractivity contribution in [2.75, 3.05) is 6.61 Å². The summed E-state index contributed by atoms with van der Waals surface area (Å²) in [5.41, 5.74) is -1.13. The third-order valence-corrected chi connectivity index (χ3v) is 1.08. The molecule has 0 fully saturated rings. The van der Waals surface area contributed by atoms with Crippen LogP contribution in [0.3, 0.4) is 0 Å². The zero-order valence-electron chi connectivity index (χ0n) is 5.83. The maximum absolute atomic E-state index is 9.08. The molecule has 3 N–H and O–H groups in total. The summed E-state index contributed by atoms with van der Waals surface area (Å²) >= 11 is 0. The number of rotatable bonds is 3. The fourth-order valence-corrected chi connectivity index (χ4v) is 0.701. The van der Waals surface area contributed by atoms with Gasteiger partial charge in [0.05, 0.1) is 18.3 Å². The van der Waals surface area contributed by atoms with Crippen molar-refractivity contribution >= 4 is 0 Å². The van der Waals surface area contributed by atoms with Gasteiger partial charge in [0.1, 0.15) is 0 Å². The molecule has 0 spiro atoms. The van der Waals surface area contributed by atoms with E-state index in [1.807, 2.05) is 0 Å². The van der Waals surface area contributed by atoms with Gasteiger partial charge in [0, 0.05) is 6.42 Å². The van der Waals surface area contributed by atoms with Crippen LogP contribution < -0.4 is 0 Å². The van der Waals surface area contributed by atoms with Crippen molar-refractivity contribution < 1.29 is 15.3 Å². The standard InChI is InChI=1S/C6H14O3/c1-5(8)3-6(2,9)4-7/h5,7-9H,3-4H2,1-2H3/t5-,6+/m0/s1. The van der Waals surface area contributed by atoms with Crippen molar-refractivity contribution in [1.82, 2.24) is 0 Å². The summed E-state index contributed by atoms with van der Waals surface area (Å²) in [5.74, 6) is 0. The van der Waals surface area contributed by atoms with Crippen LogP contribution in [0.1, 0.15) is 20.3 Å². The van der Waals surface area contributed by atoms with Crippen molar-refractivity contribution in [3.05, 3.63) is 0 Å². The molecule has 0 unspecified atom stereocenters. The van der Waals surface area contributed by atoms with Gasteiger partial charge in [-0.1, -0.05) is 0 Å². The van der Waals surface area contributed by atoms with Crippen LogP contribution in [0.5, 0.6) is 0 Å². The third-order valence-electron chi connectivity index (χ3n) is 1.08. The zero-order chi connectivity index (χ0) is 7.49. The SMILES string of the molecule is C[C@H](O)C[C@@](C)(O)CO. The lowest BCUT2D eigenvalue weighted by molar-refractivity contribution is -0.0323. The Morgan fingerprint density at radius 3 is 2.11 bits per heavy atom. The van der Waals surface area contributed by atoms with Gasteiger partial charge in [-0.2, -0.15) is 0 Å². The van der Waals surface area contributed by atoms with E-state index in [1.54, 1.807) is 6.92 Å². The van der Waals surface area contributed by atoms with E-state index in [0.29, 0.717) is 0 Å². The summed E-state index contributed by atoms with van der Waals surface area (Å²) in [6.07, 6.45) is -0.351. The molecule has 56 valence electrons. The number of aliphatic hydroxyl groups is 3. The lowest BCUT2D eigenvalue weighted by atomic mass is 10.0. The van der Waals surface area contributed by atoms with Crippen molar-refractivity contribution in [3.8, 4) is 0 Å². The first-order valence-electron chi connectivity index (χ1n) is 2.99. The molecule has 2 atom stereocenters. The molecule has 0 aromatic carbocycles. The smallest absolute Gasteiger partial charge is 0.0873 e. The van der Waals surface area contributed by atoms with E-state index in [2.05, 4.69) is 0 Å². The summed E-state index contributed by atoms with van der Waals surface area (Å²) in [4.78, 5) is 0. The molecular weight excluding hydrogens is 120 g/mol. The van der Waals surface area contributed by atoms with E-state index in [-0.39, 0.29) is 13.0 Å². The maximum atomic E-state index is 9.08. The Morgan fingerprint density at radius 2 is 2.00 bits per heavy atom. The molecule has 0 aromatic heterocycles. The van der Waals surface area contributed by atoms with Crippen molar-refractivity contribution in [3.63, 3.8) is 0 Å². The van der Waals surface area contributed by atoms with E-state index >= 15 is 0 Å². The Morgan fingerprint density at radius 1 is 1.56 bits per heavy atom. The number of aliphatic hydroxyl groups excluding tert-OH is 2. The van der Waals surface area contributed by atoms with Gasteiger partial charge < -0.3 is 15.3 Å². The Hall–Kier alpha value is -0.120. The molecule has 0 aliphatic rings. The molecule has 0 radical (unpaired) electrons. The molecule has 0 saturated carbocycles. The largest absolute Gasteiger partial charge is 0.393 e. The lowest BCUT2D eigenvalue weighted by Crippen LogP contribution is -2.32. The van der Waals surface area contributed by atoms with Crippen LogP contribution in [0.25, 0.3) is 0 Å². The van der Waals surface area contributed by atoms with Gasteiger partial charge in [0.2, 0.25) is 0 Å². The molecule has 0 amide bonds. The summed E-state index contributed by atoms with van der Waals surface area (Å²) in [7, 11) is 0. The van der Waals surface area contributed by atoms with Crippen LogP contribution in [-0.4, -0.2) is 33.6 Å². The summed E-state index contributed by atoms with van der Waals surface area (Å²) < 4.78 is 0. The molecular formula is C6H14O3. The topological polar surface area (TPSA) is 60.7 Å². The maximum Gasteiger partial charge on any atom is 0.0873 e. The van der Waals surface area contributed by atoms with Crippen LogP contribution >= 0.6 is 0 Å². The van der Waals surface area contributed by atoms with Gasteiger partial charge in [-0.15, -0.1) is 0 Å². The normalized spacial score (nSPS) is 21.0. The minimum atomic E-state index is -1.13. The molecule has 3 heteroatoms. The number of hydrogen-bond donors (Lipinski definition) is 3. The second-order valence-electron chi connectivity index (χ2n) is 2.71. The monoisotopic (exact) mass is 134 g/mol. The van der Waals surface area contributed by atoms with Gasteiger partial charge in [0.15, 0.2) is 0 Å². The zero-order valence-corrected chi connectivity index (χ0v) is 5.83. The highest BCUT2D eigenvalue weighted by Crippen LogP contribution is 2.09. The molecule has 0 rings (SSSR count). The average molecular weight is 134 g/mol. The van der Waals surface area contributed by atoms with Crippen LogP contribution in [0.4, 0.5) is 0 Å². The molecule has 0 aromatic rings. The Bertz CT molecular complexity index is 78.4. The van der Waals surface area contributed by atoms with Crippen molar-refractivity contribution in [2.45, 2.75) is 32.0 Å². The molecule has 0 aliphatic carbocycles. The van der Waals surface area contributed by atoms with Gasteiger partial charge in [-0.25, -0.2) is 0 Å². The minimum Gasteiger partial charge on any atom is -0.393 e. The molecule has 3 nitrogen and oxygen atoms in total. The second-order valence-corrected chi connectivity index (χ2v) is 2.71. The molecule has 0 aliphatic heterocycles. The first kappa shape index (κ1) is 8.88. The predicted molar refractivity (Wildman–Crippen MR) is 34.0 cm³/mol.